The number of rotatable bonds is 4. The van der Waals surface area contributed by atoms with E-state index in [1.807, 2.05) is 13.1 Å². The molecule has 14 heavy (non-hydrogen) atoms. The van der Waals surface area contributed by atoms with Gasteiger partial charge in [0, 0.05) is 12.0 Å². The normalized spacial score (nSPS) is 17.9. The van der Waals surface area contributed by atoms with Crippen molar-refractivity contribution in [2.24, 2.45) is 0 Å². The second-order valence-corrected chi connectivity index (χ2v) is 4.04. The molecule has 0 atom stereocenters. The van der Waals surface area contributed by atoms with Crippen molar-refractivity contribution in [1.82, 2.24) is 5.32 Å². The summed E-state index contributed by atoms with van der Waals surface area (Å²) in [6.07, 6.45) is 2.59. The van der Waals surface area contributed by atoms with Gasteiger partial charge in [-0.05, 0) is 37.6 Å². The summed E-state index contributed by atoms with van der Waals surface area (Å²) < 4.78 is 5.24. The summed E-state index contributed by atoms with van der Waals surface area (Å²) >= 11 is 0. The lowest BCUT2D eigenvalue weighted by molar-refractivity contribution is 0.413. The van der Waals surface area contributed by atoms with Crippen molar-refractivity contribution in [1.29, 1.82) is 0 Å². The van der Waals surface area contributed by atoms with Gasteiger partial charge in [0.05, 0.1) is 7.11 Å². The second-order valence-electron chi connectivity index (χ2n) is 4.04. The van der Waals surface area contributed by atoms with Gasteiger partial charge in [-0.3, -0.25) is 0 Å². The van der Waals surface area contributed by atoms with Crippen LogP contribution in [0.4, 0.5) is 0 Å². The van der Waals surface area contributed by atoms with E-state index in [-0.39, 0.29) is 0 Å². The fourth-order valence-corrected chi connectivity index (χ4v) is 2.01. The molecule has 0 amide bonds. The highest BCUT2D eigenvalue weighted by atomic mass is 16.5. The molecule has 0 aromatic heterocycles. The van der Waals surface area contributed by atoms with Gasteiger partial charge in [-0.25, -0.2) is 0 Å². The number of methoxy groups -OCH3 is 1. The Morgan fingerprint density at radius 2 is 2.21 bits per heavy atom. The summed E-state index contributed by atoms with van der Waals surface area (Å²) in [7, 11) is 3.73. The molecule has 2 rings (SSSR count). The van der Waals surface area contributed by atoms with E-state index in [9.17, 15) is 0 Å². The fraction of sp³-hybridized carbons (Fsp3) is 0.500. The van der Waals surface area contributed by atoms with Crippen LogP contribution in [-0.4, -0.2) is 20.7 Å². The minimum atomic E-state index is 0.392. The van der Waals surface area contributed by atoms with Crippen molar-refractivity contribution >= 4 is 0 Å². The summed E-state index contributed by atoms with van der Waals surface area (Å²) in [5, 5.41) is 3.27. The minimum absolute atomic E-state index is 0.392. The third kappa shape index (κ3) is 1.62. The number of nitrogens with one attached hydrogen (secondary N) is 1. The van der Waals surface area contributed by atoms with Gasteiger partial charge in [0.1, 0.15) is 5.75 Å². The summed E-state index contributed by atoms with van der Waals surface area (Å²) in [5.41, 5.74) is 1.80. The Bertz CT molecular complexity index is 318. The van der Waals surface area contributed by atoms with Crippen LogP contribution in [0.3, 0.4) is 0 Å². The van der Waals surface area contributed by atoms with E-state index in [1.165, 1.54) is 18.4 Å². The highest BCUT2D eigenvalue weighted by Crippen LogP contribution is 2.48. The summed E-state index contributed by atoms with van der Waals surface area (Å²) in [5.74, 6) is 0.963. The predicted octanol–water partition coefficient (Wildman–Crippen LogP) is 1.95. The molecule has 0 heterocycles. The summed E-state index contributed by atoms with van der Waals surface area (Å²) in [6.45, 7) is 1.07. The van der Waals surface area contributed by atoms with Crippen LogP contribution in [0.1, 0.15) is 18.4 Å². The molecular weight excluding hydrogens is 174 g/mol. The molecule has 1 saturated carbocycles. The number of ether oxygens (including phenoxy) is 1. The molecule has 0 spiro atoms. The lowest BCUT2D eigenvalue weighted by Crippen LogP contribution is -2.23. The standard InChI is InChI=1S/C12H17NO/c1-13-9-12(6-7-12)10-4-3-5-11(8-10)14-2/h3-5,8,13H,6-7,9H2,1-2H3. The van der Waals surface area contributed by atoms with E-state index >= 15 is 0 Å². The van der Waals surface area contributed by atoms with Gasteiger partial charge in [-0.15, -0.1) is 0 Å². The molecule has 0 bridgehead atoms. The van der Waals surface area contributed by atoms with Crippen LogP contribution in [0, 0.1) is 0 Å². The lowest BCUT2D eigenvalue weighted by atomic mass is 9.96. The highest BCUT2D eigenvalue weighted by Gasteiger charge is 2.43. The first-order valence-electron chi connectivity index (χ1n) is 5.10. The van der Waals surface area contributed by atoms with E-state index in [1.54, 1.807) is 7.11 Å². The van der Waals surface area contributed by atoms with Crippen LogP contribution >= 0.6 is 0 Å². The fourth-order valence-electron chi connectivity index (χ4n) is 2.01. The molecule has 0 radical (unpaired) electrons. The Hall–Kier alpha value is -1.02. The number of hydrogen-bond donors (Lipinski definition) is 1. The van der Waals surface area contributed by atoms with Gasteiger partial charge < -0.3 is 10.1 Å². The topological polar surface area (TPSA) is 21.3 Å². The first-order valence-corrected chi connectivity index (χ1v) is 5.10. The molecule has 0 saturated heterocycles. The van der Waals surface area contributed by atoms with Gasteiger partial charge in [0.15, 0.2) is 0 Å². The molecule has 1 aliphatic rings. The molecule has 1 aliphatic carbocycles. The monoisotopic (exact) mass is 191 g/mol. The average Bonchev–Trinajstić information content (AvgIpc) is 3.00. The zero-order chi connectivity index (χ0) is 10.0. The molecule has 0 aliphatic heterocycles. The Labute approximate surface area is 85.3 Å². The van der Waals surface area contributed by atoms with Crippen molar-refractivity contribution in [3.8, 4) is 5.75 Å². The maximum Gasteiger partial charge on any atom is 0.119 e. The third-order valence-corrected chi connectivity index (χ3v) is 3.05. The molecule has 1 N–H and O–H groups in total. The van der Waals surface area contributed by atoms with Crippen LogP contribution < -0.4 is 10.1 Å². The number of hydrogen-bond acceptors (Lipinski definition) is 2. The van der Waals surface area contributed by atoms with E-state index in [0.29, 0.717) is 5.41 Å². The second kappa shape index (κ2) is 3.62. The van der Waals surface area contributed by atoms with Crippen LogP contribution in [0.25, 0.3) is 0 Å². The van der Waals surface area contributed by atoms with E-state index in [2.05, 4.69) is 23.5 Å². The molecule has 2 heteroatoms. The molecule has 2 nitrogen and oxygen atoms in total. The smallest absolute Gasteiger partial charge is 0.119 e. The maximum atomic E-state index is 5.24. The molecule has 0 unspecified atom stereocenters. The first kappa shape index (κ1) is 9.53. The van der Waals surface area contributed by atoms with Crippen molar-refractivity contribution in [3.05, 3.63) is 29.8 Å². The summed E-state index contributed by atoms with van der Waals surface area (Å²) in [6, 6.07) is 8.43. The van der Waals surface area contributed by atoms with Crippen molar-refractivity contribution in [2.45, 2.75) is 18.3 Å². The van der Waals surface area contributed by atoms with Gasteiger partial charge >= 0.3 is 0 Å². The van der Waals surface area contributed by atoms with Crippen LogP contribution in [0.5, 0.6) is 5.75 Å². The predicted molar refractivity (Wildman–Crippen MR) is 57.8 cm³/mol. The highest BCUT2D eigenvalue weighted by molar-refractivity contribution is 5.37. The van der Waals surface area contributed by atoms with Crippen molar-refractivity contribution in [2.75, 3.05) is 20.7 Å². The minimum Gasteiger partial charge on any atom is -0.497 e. The summed E-state index contributed by atoms with van der Waals surface area (Å²) in [4.78, 5) is 0. The quantitative estimate of drug-likeness (QED) is 0.785. The Balaban J connectivity index is 2.23. The zero-order valence-corrected chi connectivity index (χ0v) is 8.84. The SMILES string of the molecule is CNCC1(c2cccc(OC)c2)CC1. The number of benzene rings is 1. The zero-order valence-electron chi connectivity index (χ0n) is 8.84. The molecule has 1 aromatic rings. The van der Waals surface area contributed by atoms with Gasteiger partial charge in [0.2, 0.25) is 0 Å². The van der Waals surface area contributed by atoms with E-state index < -0.39 is 0 Å². The largest absolute Gasteiger partial charge is 0.497 e. The van der Waals surface area contributed by atoms with Crippen molar-refractivity contribution in [3.63, 3.8) is 0 Å². The van der Waals surface area contributed by atoms with Crippen LogP contribution in [0.2, 0.25) is 0 Å². The maximum absolute atomic E-state index is 5.24. The average molecular weight is 191 g/mol. The Kier molecular flexibility index (Phi) is 2.46. The van der Waals surface area contributed by atoms with E-state index in [0.717, 1.165) is 12.3 Å². The van der Waals surface area contributed by atoms with Gasteiger partial charge in [-0.2, -0.15) is 0 Å². The number of likely N-dealkylation sites (N-methyl/N-ethyl adjacent to an activating group) is 1. The Morgan fingerprint density at radius 1 is 1.43 bits per heavy atom. The molecule has 1 aromatic carbocycles. The molecule has 76 valence electrons. The lowest BCUT2D eigenvalue weighted by Gasteiger charge is -2.15. The van der Waals surface area contributed by atoms with Crippen LogP contribution in [-0.2, 0) is 5.41 Å². The molecule has 1 fully saturated rings. The third-order valence-electron chi connectivity index (χ3n) is 3.05. The van der Waals surface area contributed by atoms with Crippen molar-refractivity contribution < 1.29 is 4.74 Å². The Morgan fingerprint density at radius 3 is 2.79 bits per heavy atom. The van der Waals surface area contributed by atoms with Gasteiger partial charge in [-0.1, -0.05) is 12.1 Å². The van der Waals surface area contributed by atoms with Crippen LogP contribution in [0.15, 0.2) is 24.3 Å². The first-order chi connectivity index (χ1) is 6.80. The van der Waals surface area contributed by atoms with Gasteiger partial charge in [0.25, 0.3) is 0 Å². The molecular formula is C12H17NO. The van der Waals surface area contributed by atoms with E-state index in [4.69, 9.17) is 4.74 Å².